The molecule has 2 rings (SSSR count). The van der Waals surface area contributed by atoms with Gasteiger partial charge in [-0.1, -0.05) is 29.8 Å². The number of nitrogens with one attached hydrogen (secondary N) is 1. The second kappa shape index (κ2) is 8.19. The van der Waals surface area contributed by atoms with Crippen molar-refractivity contribution in [3.05, 3.63) is 58.6 Å². The summed E-state index contributed by atoms with van der Waals surface area (Å²) >= 11 is 5.88. The highest BCUT2D eigenvalue weighted by molar-refractivity contribution is 6.30. The van der Waals surface area contributed by atoms with Gasteiger partial charge in [-0.15, -0.1) is 0 Å². The molecule has 5 nitrogen and oxygen atoms in total. The van der Waals surface area contributed by atoms with Crippen LogP contribution < -0.4 is 14.9 Å². The third-order valence-corrected chi connectivity index (χ3v) is 3.30. The molecule has 0 saturated heterocycles. The van der Waals surface area contributed by atoms with E-state index in [0.717, 1.165) is 11.1 Å². The first-order chi connectivity index (χ1) is 11.1. The van der Waals surface area contributed by atoms with Crippen LogP contribution in [0.3, 0.4) is 0 Å². The van der Waals surface area contributed by atoms with Crippen molar-refractivity contribution in [3.63, 3.8) is 0 Å². The molecule has 0 aliphatic carbocycles. The molecule has 0 saturated carbocycles. The van der Waals surface area contributed by atoms with Gasteiger partial charge in [0.05, 0.1) is 26.9 Å². The van der Waals surface area contributed by atoms with Crippen molar-refractivity contribution in [2.24, 2.45) is 5.10 Å². The summed E-state index contributed by atoms with van der Waals surface area (Å²) in [5, 5.41) is 4.53. The zero-order valence-electron chi connectivity index (χ0n) is 12.9. The van der Waals surface area contributed by atoms with Crippen molar-refractivity contribution < 1.29 is 14.3 Å². The standard InChI is InChI=1S/C17H17ClN2O3/c1-22-15-7-6-12(9-16(15)23-2)10-17(21)20-19-11-13-4-3-5-14(18)8-13/h3-9,11H,10H2,1-2H3,(H,20,21)/b19-11-. The normalized spacial score (nSPS) is 10.6. The van der Waals surface area contributed by atoms with Gasteiger partial charge in [0.25, 0.3) is 0 Å². The Labute approximate surface area is 139 Å². The summed E-state index contributed by atoms with van der Waals surface area (Å²) in [4.78, 5) is 11.9. The number of carbonyl (C=O) groups excluding carboxylic acids is 1. The molecule has 0 bridgehead atoms. The van der Waals surface area contributed by atoms with Crippen LogP contribution in [0, 0.1) is 0 Å². The molecule has 0 unspecified atom stereocenters. The van der Waals surface area contributed by atoms with E-state index in [1.54, 1.807) is 44.7 Å². The number of amides is 1. The Bertz CT molecular complexity index is 717. The van der Waals surface area contributed by atoms with Crippen molar-refractivity contribution >= 4 is 23.7 Å². The molecule has 0 heterocycles. The van der Waals surface area contributed by atoms with Crippen LogP contribution >= 0.6 is 11.6 Å². The van der Waals surface area contributed by atoms with E-state index >= 15 is 0 Å². The zero-order valence-corrected chi connectivity index (χ0v) is 13.6. The number of hydrogen-bond acceptors (Lipinski definition) is 4. The molecule has 0 fully saturated rings. The summed E-state index contributed by atoms with van der Waals surface area (Å²) in [6.07, 6.45) is 1.73. The van der Waals surface area contributed by atoms with Crippen LogP contribution in [-0.4, -0.2) is 26.3 Å². The van der Waals surface area contributed by atoms with E-state index in [4.69, 9.17) is 21.1 Å². The summed E-state index contributed by atoms with van der Waals surface area (Å²) in [6, 6.07) is 12.5. The Morgan fingerprint density at radius 1 is 1.17 bits per heavy atom. The van der Waals surface area contributed by atoms with Gasteiger partial charge in [0.1, 0.15) is 0 Å². The molecule has 23 heavy (non-hydrogen) atoms. The summed E-state index contributed by atoms with van der Waals surface area (Å²) in [5.41, 5.74) is 4.09. The van der Waals surface area contributed by atoms with Crippen LogP contribution in [0.15, 0.2) is 47.6 Å². The van der Waals surface area contributed by atoms with E-state index in [-0.39, 0.29) is 12.3 Å². The van der Waals surface area contributed by atoms with E-state index < -0.39 is 0 Å². The third-order valence-electron chi connectivity index (χ3n) is 3.06. The highest BCUT2D eigenvalue weighted by Crippen LogP contribution is 2.27. The first-order valence-electron chi connectivity index (χ1n) is 6.90. The lowest BCUT2D eigenvalue weighted by molar-refractivity contribution is -0.120. The molecule has 2 aromatic rings. The summed E-state index contributed by atoms with van der Waals surface area (Å²) in [7, 11) is 3.12. The average Bonchev–Trinajstić information content (AvgIpc) is 2.54. The molecule has 1 N–H and O–H groups in total. The number of nitrogens with zero attached hydrogens (tertiary/aromatic N) is 1. The van der Waals surface area contributed by atoms with Gasteiger partial charge < -0.3 is 9.47 Å². The topological polar surface area (TPSA) is 59.9 Å². The van der Waals surface area contributed by atoms with Gasteiger partial charge in [0.15, 0.2) is 11.5 Å². The minimum absolute atomic E-state index is 0.188. The molecular weight excluding hydrogens is 316 g/mol. The number of ether oxygens (including phenoxy) is 2. The van der Waals surface area contributed by atoms with Crippen LogP contribution in [0.5, 0.6) is 11.5 Å². The van der Waals surface area contributed by atoms with Crippen molar-refractivity contribution in [1.82, 2.24) is 5.43 Å². The number of halogens is 1. The molecule has 0 aliphatic heterocycles. The maximum absolute atomic E-state index is 11.9. The largest absolute Gasteiger partial charge is 0.493 e. The second-order valence-electron chi connectivity index (χ2n) is 4.71. The van der Waals surface area contributed by atoms with Crippen LogP contribution in [0.2, 0.25) is 5.02 Å². The maximum atomic E-state index is 11.9. The molecule has 0 radical (unpaired) electrons. The summed E-state index contributed by atoms with van der Waals surface area (Å²) in [6.45, 7) is 0. The number of rotatable bonds is 6. The second-order valence-corrected chi connectivity index (χ2v) is 5.15. The van der Waals surface area contributed by atoms with Crippen LogP contribution in [0.4, 0.5) is 0 Å². The first-order valence-corrected chi connectivity index (χ1v) is 7.28. The quantitative estimate of drug-likeness (QED) is 0.653. The molecule has 1 amide bonds. The fourth-order valence-electron chi connectivity index (χ4n) is 1.98. The predicted octanol–water partition coefficient (Wildman–Crippen LogP) is 3.05. The molecule has 0 aliphatic rings. The van der Waals surface area contributed by atoms with Gasteiger partial charge in [-0.25, -0.2) is 5.43 Å². The average molecular weight is 333 g/mol. The van der Waals surface area contributed by atoms with Gasteiger partial charge in [-0.05, 0) is 35.4 Å². The molecule has 6 heteroatoms. The minimum atomic E-state index is -0.226. The monoisotopic (exact) mass is 332 g/mol. The lowest BCUT2D eigenvalue weighted by Gasteiger charge is -2.09. The van der Waals surface area contributed by atoms with E-state index in [1.807, 2.05) is 18.2 Å². The van der Waals surface area contributed by atoms with Crippen LogP contribution in [0.1, 0.15) is 11.1 Å². The van der Waals surface area contributed by atoms with Gasteiger partial charge in [0, 0.05) is 5.02 Å². The Balaban J connectivity index is 1.94. The highest BCUT2D eigenvalue weighted by atomic mass is 35.5. The van der Waals surface area contributed by atoms with E-state index in [9.17, 15) is 4.79 Å². The van der Waals surface area contributed by atoms with Crippen molar-refractivity contribution in [3.8, 4) is 11.5 Å². The smallest absolute Gasteiger partial charge is 0.244 e. The molecule has 0 atom stereocenters. The highest BCUT2D eigenvalue weighted by Gasteiger charge is 2.07. The van der Waals surface area contributed by atoms with Crippen LogP contribution in [0.25, 0.3) is 0 Å². The van der Waals surface area contributed by atoms with Crippen molar-refractivity contribution in [2.45, 2.75) is 6.42 Å². The lowest BCUT2D eigenvalue weighted by atomic mass is 10.1. The van der Waals surface area contributed by atoms with Crippen molar-refractivity contribution in [1.29, 1.82) is 0 Å². The van der Waals surface area contributed by atoms with Gasteiger partial charge in [-0.3, -0.25) is 4.79 Å². The minimum Gasteiger partial charge on any atom is -0.493 e. The number of hydrazone groups is 1. The Kier molecular flexibility index (Phi) is 6.00. The van der Waals surface area contributed by atoms with Gasteiger partial charge in [0.2, 0.25) is 5.91 Å². The third kappa shape index (κ3) is 5.00. The van der Waals surface area contributed by atoms with Crippen molar-refractivity contribution in [2.75, 3.05) is 14.2 Å². The Morgan fingerprint density at radius 3 is 2.65 bits per heavy atom. The van der Waals surface area contributed by atoms with Crippen LogP contribution in [-0.2, 0) is 11.2 Å². The van der Waals surface area contributed by atoms with E-state index in [1.165, 1.54) is 0 Å². The molecule has 120 valence electrons. The first kappa shape index (κ1) is 16.8. The fourth-order valence-corrected chi connectivity index (χ4v) is 2.18. The summed E-state index contributed by atoms with van der Waals surface area (Å²) < 4.78 is 10.4. The number of methoxy groups -OCH3 is 2. The molecule has 0 spiro atoms. The summed E-state index contributed by atoms with van der Waals surface area (Å²) in [5.74, 6) is 0.978. The van der Waals surface area contributed by atoms with Gasteiger partial charge in [-0.2, -0.15) is 5.10 Å². The Hall–Kier alpha value is -2.53. The Morgan fingerprint density at radius 2 is 1.96 bits per heavy atom. The number of hydrogen-bond donors (Lipinski definition) is 1. The number of benzene rings is 2. The SMILES string of the molecule is COc1ccc(CC(=O)N/N=C\c2cccc(Cl)c2)cc1OC. The lowest BCUT2D eigenvalue weighted by Crippen LogP contribution is -2.19. The van der Waals surface area contributed by atoms with Gasteiger partial charge >= 0.3 is 0 Å². The van der Waals surface area contributed by atoms with E-state index in [0.29, 0.717) is 16.5 Å². The fraction of sp³-hybridized carbons (Fsp3) is 0.176. The van der Waals surface area contributed by atoms with E-state index in [2.05, 4.69) is 10.5 Å². The molecular formula is C17H17ClN2O3. The molecule has 0 aromatic heterocycles. The predicted molar refractivity (Wildman–Crippen MR) is 90.4 cm³/mol. The number of carbonyl (C=O) groups is 1. The molecule has 2 aromatic carbocycles. The zero-order chi connectivity index (χ0) is 16.7. The maximum Gasteiger partial charge on any atom is 0.244 e.